The number of rotatable bonds is 5. The molecule has 0 aliphatic carbocycles. The van der Waals surface area contributed by atoms with Crippen molar-refractivity contribution in [2.75, 3.05) is 13.3 Å². The molecule has 204 valence electrons. The van der Waals surface area contributed by atoms with Crippen LogP contribution in [0.4, 0.5) is 0 Å². The van der Waals surface area contributed by atoms with Gasteiger partial charge in [0.05, 0.1) is 41.8 Å². The van der Waals surface area contributed by atoms with Crippen molar-refractivity contribution in [1.29, 1.82) is 0 Å². The largest absolute Gasteiger partial charge is 0.458 e. The highest BCUT2D eigenvalue weighted by Crippen LogP contribution is 2.46. The van der Waals surface area contributed by atoms with Crippen molar-refractivity contribution in [3.63, 3.8) is 0 Å². The van der Waals surface area contributed by atoms with E-state index < -0.39 is 11.6 Å². The highest BCUT2D eigenvalue weighted by molar-refractivity contribution is 6.01. The van der Waals surface area contributed by atoms with Crippen LogP contribution in [0.2, 0.25) is 0 Å². The SMILES string of the molecule is CCC1(O)C(=O)OCc2c1cc1n(c2=O)Cc2c-1nc1cc3c(cc1c2-c1cnn(CNC(=O)CN)c1)OCO3. The zero-order valence-electron chi connectivity index (χ0n) is 21.4. The fraction of sp³-hybridized carbons (Fsp3) is 0.296. The second-order valence-corrected chi connectivity index (χ2v) is 9.87. The van der Waals surface area contributed by atoms with E-state index in [4.69, 9.17) is 24.9 Å². The molecule has 0 radical (unpaired) electrons. The number of carbonyl (C=O) groups excluding carboxylic acids is 2. The molecule has 0 spiro atoms. The van der Waals surface area contributed by atoms with Gasteiger partial charge in [-0.3, -0.25) is 14.3 Å². The summed E-state index contributed by atoms with van der Waals surface area (Å²) in [6.07, 6.45) is 3.51. The van der Waals surface area contributed by atoms with Gasteiger partial charge in [-0.1, -0.05) is 6.92 Å². The van der Waals surface area contributed by atoms with Crippen molar-refractivity contribution in [3.05, 3.63) is 57.6 Å². The first-order valence-electron chi connectivity index (χ1n) is 12.8. The van der Waals surface area contributed by atoms with E-state index in [0.717, 1.165) is 22.1 Å². The maximum atomic E-state index is 13.7. The summed E-state index contributed by atoms with van der Waals surface area (Å²) in [7, 11) is 0. The molecule has 13 nitrogen and oxygen atoms in total. The summed E-state index contributed by atoms with van der Waals surface area (Å²) in [5, 5.41) is 19.1. The molecule has 0 bridgehead atoms. The lowest BCUT2D eigenvalue weighted by Crippen LogP contribution is -2.44. The summed E-state index contributed by atoms with van der Waals surface area (Å²) >= 11 is 0. The Hall–Kier alpha value is -4.75. The molecule has 1 aromatic carbocycles. The van der Waals surface area contributed by atoms with Crippen molar-refractivity contribution in [1.82, 2.24) is 24.6 Å². The normalized spacial score (nSPS) is 18.3. The number of nitrogens with one attached hydrogen (secondary N) is 1. The molecule has 7 rings (SSSR count). The third kappa shape index (κ3) is 3.37. The second kappa shape index (κ2) is 8.63. The molecule has 0 fully saturated rings. The highest BCUT2D eigenvalue weighted by Gasteiger charge is 2.45. The smallest absolute Gasteiger partial charge is 0.343 e. The van der Waals surface area contributed by atoms with Crippen LogP contribution in [0.15, 0.2) is 35.4 Å². The maximum Gasteiger partial charge on any atom is 0.343 e. The molecule has 1 atom stereocenters. The molecule has 1 unspecified atom stereocenters. The number of carbonyl (C=O) groups is 2. The summed E-state index contributed by atoms with van der Waals surface area (Å²) in [5.41, 5.74) is 7.53. The van der Waals surface area contributed by atoms with E-state index in [2.05, 4.69) is 10.4 Å². The van der Waals surface area contributed by atoms with Crippen LogP contribution in [0.25, 0.3) is 33.4 Å². The predicted molar refractivity (Wildman–Crippen MR) is 139 cm³/mol. The van der Waals surface area contributed by atoms with Gasteiger partial charge >= 0.3 is 5.97 Å². The van der Waals surface area contributed by atoms with E-state index in [1.165, 1.54) is 0 Å². The van der Waals surface area contributed by atoms with E-state index in [-0.39, 0.29) is 62.2 Å². The number of ether oxygens (including phenoxy) is 3. The number of nitrogens with two attached hydrogens (primary N) is 1. The topological polar surface area (TPSA) is 173 Å². The Bertz CT molecular complexity index is 1830. The monoisotopic (exact) mass is 544 g/mol. The molecule has 4 aromatic rings. The third-order valence-corrected chi connectivity index (χ3v) is 7.73. The van der Waals surface area contributed by atoms with Gasteiger partial charge in [-0.2, -0.15) is 5.10 Å². The van der Waals surface area contributed by atoms with Gasteiger partial charge < -0.3 is 34.9 Å². The molecule has 40 heavy (non-hydrogen) atoms. The lowest BCUT2D eigenvalue weighted by Gasteiger charge is -2.31. The van der Waals surface area contributed by atoms with Crippen LogP contribution in [0.5, 0.6) is 11.5 Å². The molecule has 3 aliphatic rings. The summed E-state index contributed by atoms with van der Waals surface area (Å²) in [5.74, 6) is 0.0346. The zero-order valence-corrected chi connectivity index (χ0v) is 21.4. The molecule has 13 heteroatoms. The van der Waals surface area contributed by atoms with Crippen LogP contribution >= 0.6 is 0 Å². The quantitative estimate of drug-likeness (QED) is 0.267. The van der Waals surface area contributed by atoms with E-state index >= 15 is 0 Å². The van der Waals surface area contributed by atoms with Gasteiger partial charge in [0.25, 0.3) is 5.56 Å². The first-order chi connectivity index (χ1) is 19.3. The fourth-order valence-electron chi connectivity index (χ4n) is 5.62. The molecule has 3 aliphatic heterocycles. The minimum atomic E-state index is -1.92. The van der Waals surface area contributed by atoms with Gasteiger partial charge in [-0.05, 0) is 18.6 Å². The summed E-state index contributed by atoms with van der Waals surface area (Å²) in [6, 6.07) is 5.31. The van der Waals surface area contributed by atoms with Crippen molar-refractivity contribution in [2.24, 2.45) is 5.73 Å². The predicted octanol–water partition coefficient (Wildman–Crippen LogP) is 0.704. The minimum Gasteiger partial charge on any atom is -0.458 e. The summed E-state index contributed by atoms with van der Waals surface area (Å²) < 4.78 is 19.6. The molecule has 0 saturated heterocycles. The molecule has 0 saturated carbocycles. The number of aliphatic hydroxyl groups is 1. The molecular formula is C27H24N6O7. The van der Waals surface area contributed by atoms with Crippen molar-refractivity contribution in [2.45, 2.75) is 38.8 Å². The van der Waals surface area contributed by atoms with Crippen LogP contribution in [-0.4, -0.2) is 49.7 Å². The number of esters is 1. The standard InChI is InChI=1S/C27H24N6O7/c1-2-27(37)17-4-19-24-15(9-33(19)25(35)16(17)10-38-26(27)36)23(13-7-30-32(8-13)11-29-22(34)6-28)14-3-20-21(40-12-39-20)5-18(14)31-24/h3-5,7-8,37H,2,6,9-12,28H2,1H3,(H,29,34). The summed E-state index contributed by atoms with van der Waals surface area (Å²) in [6.45, 7) is 1.74. The lowest BCUT2D eigenvalue weighted by molar-refractivity contribution is -0.172. The number of pyridine rings is 2. The average molecular weight is 545 g/mol. The lowest BCUT2D eigenvalue weighted by atomic mass is 9.86. The number of cyclic esters (lactones) is 1. The number of hydrogen-bond acceptors (Lipinski definition) is 10. The van der Waals surface area contributed by atoms with Crippen molar-refractivity contribution in [3.8, 4) is 34.0 Å². The average Bonchev–Trinajstić information content (AvgIpc) is 3.70. The zero-order chi connectivity index (χ0) is 27.8. The molecule has 3 aromatic heterocycles. The summed E-state index contributed by atoms with van der Waals surface area (Å²) in [4.78, 5) is 42.8. The number of amides is 1. The van der Waals surface area contributed by atoms with Gasteiger partial charge in [0.2, 0.25) is 12.7 Å². The van der Waals surface area contributed by atoms with Gasteiger partial charge in [0, 0.05) is 39.9 Å². The Kier molecular flexibility index (Phi) is 5.24. The maximum absolute atomic E-state index is 13.7. The van der Waals surface area contributed by atoms with Crippen LogP contribution in [0.3, 0.4) is 0 Å². The Morgan fingerprint density at radius 1 is 1.18 bits per heavy atom. The van der Waals surface area contributed by atoms with E-state index in [1.807, 2.05) is 6.07 Å². The number of aromatic nitrogens is 4. The Morgan fingerprint density at radius 3 is 2.75 bits per heavy atom. The van der Waals surface area contributed by atoms with Gasteiger partial charge in [-0.25, -0.2) is 9.78 Å². The molecular weight excluding hydrogens is 520 g/mol. The number of fused-ring (bicyclic) bond motifs is 6. The second-order valence-electron chi connectivity index (χ2n) is 9.87. The van der Waals surface area contributed by atoms with Crippen LogP contribution in [0, 0.1) is 0 Å². The van der Waals surface area contributed by atoms with Crippen LogP contribution in [-0.2, 0) is 39.7 Å². The number of benzene rings is 1. The van der Waals surface area contributed by atoms with Crippen LogP contribution in [0.1, 0.15) is 30.0 Å². The van der Waals surface area contributed by atoms with E-state index in [1.54, 1.807) is 40.7 Å². The van der Waals surface area contributed by atoms with Gasteiger partial charge in [0.15, 0.2) is 17.1 Å². The molecule has 4 N–H and O–H groups in total. The van der Waals surface area contributed by atoms with E-state index in [0.29, 0.717) is 28.4 Å². The minimum absolute atomic E-state index is 0.0499. The van der Waals surface area contributed by atoms with Crippen molar-refractivity contribution >= 4 is 22.8 Å². The van der Waals surface area contributed by atoms with E-state index in [9.17, 15) is 19.5 Å². The van der Waals surface area contributed by atoms with Gasteiger partial charge in [0.1, 0.15) is 13.3 Å². The first kappa shape index (κ1) is 24.3. The molecule has 1 amide bonds. The third-order valence-electron chi connectivity index (χ3n) is 7.73. The van der Waals surface area contributed by atoms with Crippen LogP contribution < -0.4 is 26.1 Å². The van der Waals surface area contributed by atoms with Crippen molar-refractivity contribution < 1.29 is 28.9 Å². The first-order valence-corrected chi connectivity index (χ1v) is 12.8. The highest BCUT2D eigenvalue weighted by atomic mass is 16.7. The molecule has 6 heterocycles. The number of hydrogen-bond donors (Lipinski definition) is 3. The number of nitrogens with zero attached hydrogens (tertiary/aromatic N) is 4. The Labute approximate surface area is 226 Å². The fourth-order valence-corrected chi connectivity index (χ4v) is 5.62. The Balaban J connectivity index is 1.45. The Morgan fingerprint density at radius 2 is 1.98 bits per heavy atom. The van der Waals surface area contributed by atoms with Gasteiger partial charge in [-0.15, -0.1) is 0 Å².